The highest BCUT2D eigenvalue weighted by atomic mass is 15.1. The molecule has 0 bridgehead atoms. The molecular formula is C15H14N2. The fourth-order valence-electron chi connectivity index (χ4n) is 1.84. The predicted molar refractivity (Wildman–Crippen MR) is 70.4 cm³/mol. The minimum absolute atomic E-state index is 0.691. The molecule has 2 nitrogen and oxygen atoms in total. The van der Waals surface area contributed by atoms with E-state index in [-0.39, 0.29) is 0 Å². The Morgan fingerprint density at radius 2 is 1.82 bits per heavy atom. The van der Waals surface area contributed by atoms with Crippen molar-refractivity contribution in [3.05, 3.63) is 59.7 Å². The number of hydrogen-bond donors (Lipinski definition) is 0. The Morgan fingerprint density at radius 3 is 2.53 bits per heavy atom. The molecule has 2 rings (SSSR count). The number of aryl methyl sites for hydroxylation is 1. The molecule has 0 saturated heterocycles. The van der Waals surface area contributed by atoms with Crippen molar-refractivity contribution in [1.29, 1.82) is 5.26 Å². The molecule has 2 aromatic rings. The molecule has 0 aromatic heterocycles. The van der Waals surface area contributed by atoms with Crippen LogP contribution in [-0.2, 0) is 0 Å². The number of nitrogens with zero attached hydrogens (tertiary/aromatic N) is 2. The minimum atomic E-state index is 0.691. The molecule has 0 aliphatic rings. The zero-order valence-corrected chi connectivity index (χ0v) is 10.0. The minimum Gasteiger partial charge on any atom is -0.344 e. The summed E-state index contributed by atoms with van der Waals surface area (Å²) in [5, 5.41) is 9.09. The third-order valence-corrected chi connectivity index (χ3v) is 2.77. The van der Waals surface area contributed by atoms with Crippen LogP contribution in [0.1, 0.15) is 11.1 Å². The number of benzene rings is 2. The Bertz CT molecular complexity index is 567. The first-order valence-electron chi connectivity index (χ1n) is 5.52. The fourth-order valence-corrected chi connectivity index (χ4v) is 1.84. The molecule has 0 atom stereocenters. The summed E-state index contributed by atoms with van der Waals surface area (Å²) in [7, 11) is 1.98. The van der Waals surface area contributed by atoms with E-state index in [0.717, 1.165) is 11.4 Å². The Labute approximate surface area is 102 Å². The third-order valence-electron chi connectivity index (χ3n) is 2.77. The van der Waals surface area contributed by atoms with E-state index in [4.69, 9.17) is 5.26 Å². The first-order chi connectivity index (χ1) is 8.22. The lowest BCUT2D eigenvalue weighted by Gasteiger charge is -2.20. The summed E-state index contributed by atoms with van der Waals surface area (Å²) in [6.07, 6.45) is 0. The first-order valence-corrected chi connectivity index (χ1v) is 5.52. The lowest BCUT2D eigenvalue weighted by atomic mass is 10.1. The van der Waals surface area contributed by atoms with E-state index in [1.54, 1.807) is 0 Å². The van der Waals surface area contributed by atoms with Gasteiger partial charge in [-0.2, -0.15) is 5.26 Å². The van der Waals surface area contributed by atoms with Gasteiger partial charge in [-0.05, 0) is 36.8 Å². The van der Waals surface area contributed by atoms with Crippen molar-refractivity contribution in [2.24, 2.45) is 0 Å². The van der Waals surface area contributed by atoms with E-state index < -0.39 is 0 Å². The average molecular weight is 222 g/mol. The highest BCUT2D eigenvalue weighted by Gasteiger charge is 2.08. The first kappa shape index (κ1) is 11.2. The lowest BCUT2D eigenvalue weighted by Crippen LogP contribution is -2.10. The van der Waals surface area contributed by atoms with Crippen molar-refractivity contribution >= 4 is 11.4 Å². The predicted octanol–water partition coefficient (Wildman–Crippen LogP) is 3.63. The number of hydrogen-bond acceptors (Lipinski definition) is 2. The largest absolute Gasteiger partial charge is 0.344 e. The number of rotatable bonds is 2. The van der Waals surface area contributed by atoms with Crippen LogP contribution < -0.4 is 4.90 Å². The molecular weight excluding hydrogens is 208 g/mol. The summed E-state index contributed by atoms with van der Waals surface area (Å²) in [5.74, 6) is 0. The Morgan fingerprint density at radius 1 is 1.06 bits per heavy atom. The van der Waals surface area contributed by atoms with E-state index in [1.807, 2.05) is 48.3 Å². The van der Waals surface area contributed by atoms with Gasteiger partial charge in [-0.25, -0.2) is 0 Å². The number of para-hydroxylation sites is 1. The maximum absolute atomic E-state index is 9.09. The van der Waals surface area contributed by atoms with Gasteiger partial charge in [0.2, 0.25) is 0 Å². The molecule has 17 heavy (non-hydrogen) atoms. The quantitative estimate of drug-likeness (QED) is 0.775. The normalized spacial score (nSPS) is 9.71. The molecule has 2 aromatic carbocycles. The van der Waals surface area contributed by atoms with Crippen LogP contribution in [0.2, 0.25) is 0 Å². The maximum Gasteiger partial charge on any atom is 0.101 e. The maximum atomic E-state index is 9.09. The van der Waals surface area contributed by atoms with E-state index in [1.165, 1.54) is 5.56 Å². The number of nitriles is 1. The summed E-state index contributed by atoms with van der Waals surface area (Å²) in [6, 6.07) is 18.1. The molecule has 84 valence electrons. The molecule has 0 radical (unpaired) electrons. The molecule has 0 amide bonds. The lowest BCUT2D eigenvalue weighted by molar-refractivity contribution is 1.19. The average Bonchev–Trinajstić information content (AvgIpc) is 2.38. The van der Waals surface area contributed by atoms with E-state index in [9.17, 15) is 0 Å². The van der Waals surface area contributed by atoms with Crippen LogP contribution in [0.4, 0.5) is 11.4 Å². The van der Waals surface area contributed by atoms with Crippen molar-refractivity contribution in [3.8, 4) is 6.07 Å². The molecule has 2 heteroatoms. The van der Waals surface area contributed by atoms with Gasteiger partial charge < -0.3 is 4.90 Å². The highest BCUT2D eigenvalue weighted by Crippen LogP contribution is 2.26. The summed E-state index contributed by atoms with van der Waals surface area (Å²) in [4.78, 5) is 2.03. The zero-order valence-electron chi connectivity index (χ0n) is 10.0. The Hall–Kier alpha value is -2.27. The molecule has 0 unspecified atom stereocenters. The molecule has 0 aliphatic heterocycles. The van der Waals surface area contributed by atoms with Crippen molar-refractivity contribution in [2.45, 2.75) is 6.92 Å². The monoisotopic (exact) mass is 222 g/mol. The van der Waals surface area contributed by atoms with Crippen molar-refractivity contribution in [3.63, 3.8) is 0 Å². The van der Waals surface area contributed by atoms with Crippen molar-refractivity contribution < 1.29 is 0 Å². The molecule has 0 fully saturated rings. The number of anilines is 2. The summed E-state index contributed by atoms with van der Waals surface area (Å²) in [5.41, 5.74) is 3.92. The molecule has 0 saturated carbocycles. The van der Waals surface area contributed by atoms with Gasteiger partial charge in [0.1, 0.15) is 6.07 Å². The van der Waals surface area contributed by atoms with Crippen LogP contribution in [0.25, 0.3) is 0 Å². The molecule has 0 N–H and O–H groups in total. The Kier molecular flexibility index (Phi) is 3.11. The standard InChI is InChI=1S/C15H14N2/c1-12-6-5-8-14(10-12)17(2)15-9-4-3-7-13(15)11-16/h3-10H,1-2H3. The summed E-state index contributed by atoms with van der Waals surface area (Å²) >= 11 is 0. The SMILES string of the molecule is Cc1cccc(N(C)c2ccccc2C#N)c1. The van der Waals surface area contributed by atoms with E-state index in [2.05, 4.69) is 25.1 Å². The third kappa shape index (κ3) is 2.29. The Balaban J connectivity index is 2.44. The van der Waals surface area contributed by atoms with Gasteiger partial charge >= 0.3 is 0 Å². The topological polar surface area (TPSA) is 27.0 Å². The summed E-state index contributed by atoms with van der Waals surface area (Å²) in [6.45, 7) is 2.06. The van der Waals surface area contributed by atoms with Crippen LogP contribution in [0.15, 0.2) is 48.5 Å². The fraction of sp³-hybridized carbons (Fsp3) is 0.133. The van der Waals surface area contributed by atoms with Gasteiger partial charge in [-0.15, -0.1) is 0 Å². The van der Waals surface area contributed by atoms with Crippen LogP contribution in [-0.4, -0.2) is 7.05 Å². The molecule has 0 heterocycles. The van der Waals surface area contributed by atoms with Gasteiger partial charge in [0.15, 0.2) is 0 Å². The molecule has 0 aliphatic carbocycles. The highest BCUT2D eigenvalue weighted by molar-refractivity contribution is 5.68. The second-order valence-corrected chi connectivity index (χ2v) is 4.03. The van der Waals surface area contributed by atoms with Crippen LogP contribution in [0.3, 0.4) is 0 Å². The van der Waals surface area contributed by atoms with E-state index >= 15 is 0 Å². The van der Waals surface area contributed by atoms with Gasteiger partial charge in [-0.3, -0.25) is 0 Å². The van der Waals surface area contributed by atoms with Gasteiger partial charge in [0.25, 0.3) is 0 Å². The van der Waals surface area contributed by atoms with Crippen LogP contribution in [0, 0.1) is 18.3 Å². The van der Waals surface area contributed by atoms with E-state index in [0.29, 0.717) is 5.56 Å². The van der Waals surface area contributed by atoms with Gasteiger partial charge in [0.05, 0.1) is 11.3 Å². The second-order valence-electron chi connectivity index (χ2n) is 4.03. The van der Waals surface area contributed by atoms with Gasteiger partial charge in [0, 0.05) is 12.7 Å². The zero-order chi connectivity index (χ0) is 12.3. The molecule has 0 spiro atoms. The smallest absolute Gasteiger partial charge is 0.101 e. The van der Waals surface area contributed by atoms with Crippen LogP contribution in [0.5, 0.6) is 0 Å². The van der Waals surface area contributed by atoms with Crippen LogP contribution >= 0.6 is 0 Å². The second kappa shape index (κ2) is 4.71. The van der Waals surface area contributed by atoms with Crippen molar-refractivity contribution in [1.82, 2.24) is 0 Å². The van der Waals surface area contributed by atoms with Gasteiger partial charge in [-0.1, -0.05) is 24.3 Å². The van der Waals surface area contributed by atoms with Crippen molar-refractivity contribution in [2.75, 3.05) is 11.9 Å². The summed E-state index contributed by atoms with van der Waals surface area (Å²) < 4.78 is 0.